The normalized spacial score (nSPS) is 13.8. The molecule has 0 aliphatic rings. The molecule has 16 heavy (non-hydrogen) atoms. The number of amides is 1. The van der Waals surface area contributed by atoms with Crippen LogP contribution in [0.5, 0.6) is 0 Å². The molecule has 0 unspecified atom stereocenters. The van der Waals surface area contributed by atoms with E-state index in [4.69, 9.17) is 9.84 Å². The molecule has 6 heteroatoms. The van der Waals surface area contributed by atoms with Crippen molar-refractivity contribution in [2.45, 2.75) is 45.8 Å². The Morgan fingerprint density at radius 3 is 2.19 bits per heavy atom. The SMILES string of the molecule is C[C@@H](O)CN(CC(F)F)C(=O)OC(C)(C)C. The smallest absolute Gasteiger partial charge is 0.410 e. The standard InChI is InChI=1S/C10H19F2NO3/c1-7(14)5-13(6-8(11)12)9(15)16-10(2,3)4/h7-8,14H,5-6H2,1-4H3/t7-/m1/s1. The van der Waals surface area contributed by atoms with Crippen molar-refractivity contribution in [2.75, 3.05) is 13.1 Å². The second-order valence-electron chi connectivity index (χ2n) is 4.63. The van der Waals surface area contributed by atoms with Crippen LogP contribution in [0.3, 0.4) is 0 Å². The number of aliphatic hydroxyl groups is 1. The third kappa shape index (κ3) is 7.39. The van der Waals surface area contributed by atoms with Crippen LogP contribution in [-0.4, -0.2) is 47.3 Å². The third-order valence-corrected chi connectivity index (χ3v) is 1.49. The van der Waals surface area contributed by atoms with Gasteiger partial charge in [-0.15, -0.1) is 0 Å². The Hall–Kier alpha value is -0.910. The Morgan fingerprint density at radius 2 is 1.88 bits per heavy atom. The molecule has 0 heterocycles. The first-order valence-electron chi connectivity index (χ1n) is 5.06. The molecule has 0 fully saturated rings. The van der Waals surface area contributed by atoms with Gasteiger partial charge < -0.3 is 9.84 Å². The van der Waals surface area contributed by atoms with E-state index in [9.17, 15) is 13.6 Å². The Labute approximate surface area is 94.2 Å². The molecule has 4 nitrogen and oxygen atoms in total. The first kappa shape index (κ1) is 15.1. The summed E-state index contributed by atoms with van der Waals surface area (Å²) >= 11 is 0. The summed E-state index contributed by atoms with van der Waals surface area (Å²) in [6.45, 7) is 5.46. The molecule has 0 rings (SSSR count). The first-order valence-corrected chi connectivity index (χ1v) is 5.06. The molecule has 1 amide bonds. The number of rotatable bonds is 4. The highest BCUT2D eigenvalue weighted by Crippen LogP contribution is 2.11. The average Bonchev–Trinajstić information content (AvgIpc) is 1.97. The van der Waals surface area contributed by atoms with Crippen LogP contribution in [0.2, 0.25) is 0 Å². The van der Waals surface area contributed by atoms with Crippen LogP contribution in [0.1, 0.15) is 27.7 Å². The fourth-order valence-electron chi connectivity index (χ4n) is 1.04. The molecule has 0 radical (unpaired) electrons. The fraction of sp³-hybridized carbons (Fsp3) is 0.900. The van der Waals surface area contributed by atoms with E-state index in [0.29, 0.717) is 0 Å². The first-order chi connectivity index (χ1) is 7.11. The number of alkyl halides is 2. The molecule has 1 N–H and O–H groups in total. The number of hydrogen-bond acceptors (Lipinski definition) is 3. The number of aliphatic hydroxyl groups excluding tert-OH is 1. The molecular weight excluding hydrogens is 220 g/mol. The molecular formula is C10H19F2NO3. The predicted octanol–water partition coefficient (Wildman–Crippen LogP) is 1.87. The lowest BCUT2D eigenvalue weighted by Gasteiger charge is -2.27. The highest BCUT2D eigenvalue weighted by atomic mass is 19.3. The summed E-state index contributed by atoms with van der Waals surface area (Å²) < 4.78 is 29.3. The molecule has 0 aromatic carbocycles. The zero-order valence-electron chi connectivity index (χ0n) is 10.0. The fourth-order valence-corrected chi connectivity index (χ4v) is 1.04. The Morgan fingerprint density at radius 1 is 1.38 bits per heavy atom. The third-order valence-electron chi connectivity index (χ3n) is 1.49. The number of halogens is 2. The van der Waals surface area contributed by atoms with E-state index in [1.54, 1.807) is 20.8 Å². The van der Waals surface area contributed by atoms with E-state index in [2.05, 4.69) is 0 Å². The highest BCUT2D eigenvalue weighted by Gasteiger charge is 2.25. The average molecular weight is 239 g/mol. The van der Waals surface area contributed by atoms with Crippen molar-refractivity contribution >= 4 is 6.09 Å². The molecule has 96 valence electrons. The predicted molar refractivity (Wildman–Crippen MR) is 55.5 cm³/mol. The van der Waals surface area contributed by atoms with Gasteiger partial charge in [0.2, 0.25) is 0 Å². The van der Waals surface area contributed by atoms with Crippen LogP contribution < -0.4 is 0 Å². The summed E-state index contributed by atoms with van der Waals surface area (Å²) in [4.78, 5) is 12.3. The van der Waals surface area contributed by atoms with Gasteiger partial charge in [-0.25, -0.2) is 13.6 Å². The van der Waals surface area contributed by atoms with Crippen LogP contribution >= 0.6 is 0 Å². The second-order valence-corrected chi connectivity index (χ2v) is 4.63. The van der Waals surface area contributed by atoms with Crippen molar-refractivity contribution in [2.24, 2.45) is 0 Å². The zero-order valence-corrected chi connectivity index (χ0v) is 10.0. The van der Waals surface area contributed by atoms with E-state index in [1.807, 2.05) is 0 Å². The lowest BCUT2D eigenvalue weighted by Crippen LogP contribution is -2.42. The maximum absolute atomic E-state index is 12.2. The number of ether oxygens (including phenoxy) is 1. The van der Waals surface area contributed by atoms with E-state index in [1.165, 1.54) is 6.92 Å². The van der Waals surface area contributed by atoms with Crippen LogP contribution in [-0.2, 0) is 4.74 Å². The van der Waals surface area contributed by atoms with Gasteiger partial charge >= 0.3 is 6.09 Å². The summed E-state index contributed by atoms with van der Waals surface area (Å²) in [5.41, 5.74) is -0.740. The lowest BCUT2D eigenvalue weighted by molar-refractivity contribution is 0.000341. The number of carbonyl (C=O) groups excluding carboxylic acids is 1. The van der Waals surface area contributed by atoms with Gasteiger partial charge in [0.15, 0.2) is 0 Å². The Bertz CT molecular complexity index is 217. The Kier molecular flexibility index (Phi) is 5.64. The summed E-state index contributed by atoms with van der Waals surface area (Å²) in [6.07, 6.45) is -4.36. The highest BCUT2D eigenvalue weighted by molar-refractivity contribution is 5.68. The molecule has 1 atom stereocenters. The lowest BCUT2D eigenvalue weighted by atomic mass is 10.2. The van der Waals surface area contributed by atoms with Crippen molar-refractivity contribution in [3.8, 4) is 0 Å². The van der Waals surface area contributed by atoms with Gasteiger partial charge in [-0.1, -0.05) is 0 Å². The maximum atomic E-state index is 12.2. The summed E-state index contributed by atoms with van der Waals surface area (Å²) in [5, 5.41) is 9.09. The van der Waals surface area contributed by atoms with Crippen molar-refractivity contribution in [1.82, 2.24) is 4.90 Å². The second kappa shape index (κ2) is 5.98. The van der Waals surface area contributed by atoms with Gasteiger partial charge in [0.1, 0.15) is 5.60 Å². The van der Waals surface area contributed by atoms with Crippen molar-refractivity contribution in [3.63, 3.8) is 0 Å². The molecule has 0 saturated heterocycles. The van der Waals surface area contributed by atoms with Crippen molar-refractivity contribution < 1.29 is 23.4 Å². The number of nitrogens with zero attached hydrogens (tertiary/aromatic N) is 1. The maximum Gasteiger partial charge on any atom is 0.410 e. The zero-order chi connectivity index (χ0) is 12.9. The molecule has 0 saturated carbocycles. The van der Waals surface area contributed by atoms with Crippen molar-refractivity contribution in [3.05, 3.63) is 0 Å². The van der Waals surface area contributed by atoms with Gasteiger partial charge in [0, 0.05) is 6.54 Å². The molecule has 0 aliphatic heterocycles. The minimum absolute atomic E-state index is 0.167. The molecule has 0 aliphatic carbocycles. The molecule has 0 aromatic heterocycles. The Balaban J connectivity index is 4.44. The molecule has 0 spiro atoms. The topological polar surface area (TPSA) is 49.8 Å². The van der Waals surface area contributed by atoms with Gasteiger partial charge in [-0.05, 0) is 27.7 Å². The summed E-state index contributed by atoms with van der Waals surface area (Å²) in [7, 11) is 0. The van der Waals surface area contributed by atoms with Crippen molar-refractivity contribution in [1.29, 1.82) is 0 Å². The summed E-state index contributed by atoms with van der Waals surface area (Å²) in [6, 6.07) is 0. The number of carbonyl (C=O) groups is 1. The molecule has 0 aromatic rings. The van der Waals surface area contributed by atoms with Gasteiger partial charge in [0.05, 0.1) is 12.6 Å². The van der Waals surface area contributed by atoms with E-state index < -0.39 is 30.8 Å². The minimum atomic E-state index is -2.65. The van der Waals surface area contributed by atoms with Crippen LogP contribution in [0.4, 0.5) is 13.6 Å². The largest absolute Gasteiger partial charge is 0.444 e. The van der Waals surface area contributed by atoms with Crippen LogP contribution in [0.25, 0.3) is 0 Å². The van der Waals surface area contributed by atoms with E-state index in [-0.39, 0.29) is 6.54 Å². The molecule has 0 bridgehead atoms. The van der Waals surface area contributed by atoms with Gasteiger partial charge in [-0.2, -0.15) is 0 Å². The number of hydrogen-bond donors (Lipinski definition) is 1. The van der Waals surface area contributed by atoms with E-state index >= 15 is 0 Å². The quantitative estimate of drug-likeness (QED) is 0.814. The minimum Gasteiger partial charge on any atom is -0.444 e. The van der Waals surface area contributed by atoms with Gasteiger partial charge in [-0.3, -0.25) is 4.90 Å². The van der Waals surface area contributed by atoms with Crippen LogP contribution in [0, 0.1) is 0 Å². The summed E-state index contributed by atoms with van der Waals surface area (Å²) in [5.74, 6) is 0. The van der Waals surface area contributed by atoms with Crippen LogP contribution in [0.15, 0.2) is 0 Å². The monoisotopic (exact) mass is 239 g/mol. The van der Waals surface area contributed by atoms with Gasteiger partial charge in [0.25, 0.3) is 6.43 Å². The van der Waals surface area contributed by atoms with E-state index in [0.717, 1.165) is 4.90 Å².